The van der Waals surface area contributed by atoms with E-state index in [9.17, 15) is 8.42 Å². The largest absolute Gasteiger partial charge is 0.356 e. The van der Waals surface area contributed by atoms with Crippen molar-refractivity contribution in [2.24, 2.45) is 4.99 Å². The van der Waals surface area contributed by atoms with Gasteiger partial charge in [0.05, 0.1) is 6.26 Å². The van der Waals surface area contributed by atoms with Crippen LogP contribution in [0.1, 0.15) is 64.7 Å². The van der Waals surface area contributed by atoms with Crippen LogP contribution in [0.4, 0.5) is 0 Å². The third-order valence-corrected chi connectivity index (χ3v) is 7.70. The van der Waals surface area contributed by atoms with Crippen molar-refractivity contribution in [3.63, 3.8) is 0 Å². The van der Waals surface area contributed by atoms with Crippen LogP contribution in [0.5, 0.6) is 0 Å². The monoisotopic (exact) mass is 415 g/mol. The minimum atomic E-state index is -3.11. The van der Waals surface area contributed by atoms with Crippen LogP contribution in [-0.2, 0) is 10.0 Å². The van der Waals surface area contributed by atoms with Gasteiger partial charge in [-0.25, -0.2) is 12.7 Å². The van der Waals surface area contributed by atoms with Crippen molar-refractivity contribution >= 4 is 16.0 Å². The molecule has 0 unspecified atom stereocenters. The zero-order chi connectivity index (χ0) is 20.5. The number of rotatable bonds is 9. The van der Waals surface area contributed by atoms with Crippen LogP contribution >= 0.6 is 0 Å². The lowest BCUT2D eigenvalue weighted by molar-refractivity contribution is 0.0368. The number of hydrogen-bond acceptors (Lipinski definition) is 4. The molecule has 1 aliphatic heterocycles. The summed E-state index contributed by atoms with van der Waals surface area (Å²) in [6.45, 7) is 7.04. The third-order valence-electron chi connectivity index (χ3n) is 6.32. The molecule has 28 heavy (non-hydrogen) atoms. The molecule has 2 rings (SSSR count). The number of piperidine rings is 1. The lowest BCUT2D eigenvalue weighted by atomic mass is 9.79. The van der Waals surface area contributed by atoms with Crippen molar-refractivity contribution in [3.8, 4) is 0 Å². The molecule has 8 heteroatoms. The van der Waals surface area contributed by atoms with Gasteiger partial charge in [0.1, 0.15) is 0 Å². The molecule has 2 N–H and O–H groups in total. The average Bonchev–Trinajstić information content (AvgIpc) is 2.70. The first-order valence-corrected chi connectivity index (χ1v) is 12.9. The first-order chi connectivity index (χ1) is 13.4. The molecule has 1 saturated heterocycles. The summed E-state index contributed by atoms with van der Waals surface area (Å²) in [7, 11) is -1.31. The average molecular weight is 416 g/mol. The Labute approximate surface area is 172 Å². The molecule has 0 aromatic heterocycles. The Morgan fingerprint density at radius 1 is 1.07 bits per heavy atom. The Bertz CT molecular complexity index is 581. The summed E-state index contributed by atoms with van der Waals surface area (Å²) in [5.41, 5.74) is 0.269. The van der Waals surface area contributed by atoms with Gasteiger partial charge in [-0.15, -0.1) is 0 Å². The normalized spacial score (nSPS) is 21.6. The van der Waals surface area contributed by atoms with E-state index in [-0.39, 0.29) is 5.54 Å². The third kappa shape index (κ3) is 6.88. The molecule has 0 atom stereocenters. The first kappa shape index (κ1) is 23.4. The number of guanidine groups is 1. The van der Waals surface area contributed by atoms with Crippen LogP contribution in [0.3, 0.4) is 0 Å². The van der Waals surface area contributed by atoms with Crippen LogP contribution in [0, 0.1) is 0 Å². The summed E-state index contributed by atoms with van der Waals surface area (Å²) in [6.07, 6.45) is 12.6. The maximum absolute atomic E-state index is 11.7. The molecular formula is C20H41N5O2S. The van der Waals surface area contributed by atoms with Gasteiger partial charge in [-0.3, -0.25) is 9.89 Å². The summed E-state index contributed by atoms with van der Waals surface area (Å²) < 4.78 is 24.9. The summed E-state index contributed by atoms with van der Waals surface area (Å²) >= 11 is 0. The van der Waals surface area contributed by atoms with E-state index >= 15 is 0 Å². The minimum Gasteiger partial charge on any atom is -0.356 e. The number of nitrogens with one attached hydrogen (secondary N) is 2. The lowest BCUT2D eigenvalue weighted by Gasteiger charge is -2.48. The Kier molecular flexibility index (Phi) is 9.50. The molecule has 1 saturated carbocycles. The van der Waals surface area contributed by atoms with E-state index in [0.29, 0.717) is 19.6 Å². The van der Waals surface area contributed by atoms with E-state index in [1.165, 1.54) is 75.0 Å². The SMILES string of the molecule is CCN(CCCNC(=NC)NCC1(N2CCCCC2)CCCCC1)S(C)(=O)=O. The van der Waals surface area contributed by atoms with E-state index in [4.69, 9.17) is 0 Å². The van der Waals surface area contributed by atoms with E-state index < -0.39 is 10.0 Å². The highest BCUT2D eigenvalue weighted by molar-refractivity contribution is 7.88. The van der Waals surface area contributed by atoms with Gasteiger partial charge in [-0.05, 0) is 45.2 Å². The molecule has 0 bridgehead atoms. The molecule has 0 aromatic rings. The summed E-state index contributed by atoms with van der Waals surface area (Å²) in [4.78, 5) is 7.12. The number of aliphatic imine (C=N–C) groups is 1. The molecule has 0 spiro atoms. The maximum atomic E-state index is 11.7. The van der Waals surface area contributed by atoms with E-state index in [2.05, 4.69) is 20.5 Å². The minimum absolute atomic E-state index is 0.269. The summed E-state index contributed by atoms with van der Waals surface area (Å²) in [5, 5.41) is 6.93. The number of likely N-dealkylation sites (tertiary alicyclic amines) is 1. The maximum Gasteiger partial charge on any atom is 0.211 e. The smallest absolute Gasteiger partial charge is 0.211 e. The molecule has 1 heterocycles. The van der Waals surface area contributed by atoms with Crippen LogP contribution in [0.2, 0.25) is 0 Å². The molecule has 164 valence electrons. The highest BCUT2D eigenvalue weighted by Crippen LogP contribution is 2.35. The second-order valence-corrected chi connectivity index (χ2v) is 10.3. The predicted molar refractivity (Wildman–Crippen MR) is 117 cm³/mol. The van der Waals surface area contributed by atoms with Crippen LogP contribution in [0.25, 0.3) is 0 Å². The van der Waals surface area contributed by atoms with E-state index in [1.54, 1.807) is 7.05 Å². The van der Waals surface area contributed by atoms with Crippen molar-refractivity contribution in [2.45, 2.75) is 70.3 Å². The fourth-order valence-corrected chi connectivity index (χ4v) is 5.60. The Hall–Kier alpha value is -0.860. The van der Waals surface area contributed by atoms with Crippen LogP contribution in [-0.4, -0.2) is 81.7 Å². The molecule has 0 amide bonds. The highest BCUT2D eigenvalue weighted by atomic mass is 32.2. The number of hydrogen-bond donors (Lipinski definition) is 2. The van der Waals surface area contributed by atoms with Crippen molar-refractivity contribution in [1.82, 2.24) is 19.8 Å². The summed E-state index contributed by atoms with van der Waals surface area (Å²) in [6, 6.07) is 0. The van der Waals surface area contributed by atoms with Gasteiger partial charge in [-0.1, -0.05) is 32.6 Å². The Morgan fingerprint density at radius 3 is 2.29 bits per heavy atom. The van der Waals surface area contributed by atoms with Gasteiger partial charge in [-0.2, -0.15) is 0 Å². The topological polar surface area (TPSA) is 77.0 Å². The fraction of sp³-hybridized carbons (Fsp3) is 0.950. The van der Waals surface area contributed by atoms with Crippen LogP contribution in [0.15, 0.2) is 4.99 Å². The van der Waals surface area contributed by atoms with Gasteiger partial charge in [0.15, 0.2) is 5.96 Å². The molecule has 2 fully saturated rings. The standard InChI is InChI=1S/C20H41N5O2S/c1-4-25(28(3,26)27)17-11-14-22-19(21-2)23-18-20(12-7-5-8-13-20)24-15-9-6-10-16-24/h4-18H2,1-3H3,(H2,21,22,23). The molecule has 7 nitrogen and oxygen atoms in total. The fourth-order valence-electron chi connectivity index (χ4n) is 4.67. The van der Waals surface area contributed by atoms with Crippen molar-refractivity contribution in [1.29, 1.82) is 0 Å². The quantitative estimate of drug-likeness (QED) is 0.342. The van der Waals surface area contributed by atoms with Gasteiger partial charge in [0.25, 0.3) is 0 Å². The van der Waals surface area contributed by atoms with Crippen molar-refractivity contribution < 1.29 is 8.42 Å². The molecule has 1 aliphatic carbocycles. The molecule has 0 aromatic carbocycles. The van der Waals surface area contributed by atoms with Crippen molar-refractivity contribution in [2.75, 3.05) is 52.6 Å². The highest BCUT2D eigenvalue weighted by Gasteiger charge is 2.38. The van der Waals surface area contributed by atoms with E-state index in [1.807, 2.05) is 6.92 Å². The zero-order valence-electron chi connectivity index (χ0n) is 18.2. The van der Waals surface area contributed by atoms with Gasteiger partial charge < -0.3 is 10.6 Å². The first-order valence-electron chi connectivity index (χ1n) is 11.1. The van der Waals surface area contributed by atoms with Gasteiger partial charge in [0.2, 0.25) is 10.0 Å². The number of sulfonamides is 1. The second-order valence-electron chi connectivity index (χ2n) is 8.29. The number of nitrogens with zero attached hydrogens (tertiary/aromatic N) is 3. The Morgan fingerprint density at radius 2 is 1.71 bits per heavy atom. The molecule has 0 radical (unpaired) electrons. The molecular weight excluding hydrogens is 374 g/mol. The zero-order valence-corrected chi connectivity index (χ0v) is 19.0. The second kappa shape index (κ2) is 11.4. The van der Waals surface area contributed by atoms with Crippen molar-refractivity contribution in [3.05, 3.63) is 0 Å². The summed E-state index contributed by atoms with van der Waals surface area (Å²) in [5.74, 6) is 0.823. The predicted octanol–water partition coefficient (Wildman–Crippen LogP) is 2.01. The lowest BCUT2D eigenvalue weighted by Crippen LogP contribution is -2.59. The van der Waals surface area contributed by atoms with E-state index in [0.717, 1.165) is 18.9 Å². The van der Waals surface area contributed by atoms with Gasteiger partial charge in [0, 0.05) is 38.8 Å². The Balaban J connectivity index is 1.82. The molecule has 2 aliphatic rings. The van der Waals surface area contributed by atoms with Gasteiger partial charge >= 0.3 is 0 Å². The van der Waals surface area contributed by atoms with Crippen LogP contribution < -0.4 is 10.6 Å².